The average molecular weight is 297 g/mol. The van der Waals surface area contributed by atoms with Gasteiger partial charge in [0.05, 0.1) is 6.10 Å². The van der Waals surface area contributed by atoms with E-state index in [1.165, 1.54) is 48.5 Å². The van der Waals surface area contributed by atoms with Gasteiger partial charge in [-0.1, -0.05) is 0 Å². The van der Waals surface area contributed by atoms with Crippen LogP contribution in [0.2, 0.25) is 0 Å². The monoisotopic (exact) mass is 297 g/mol. The minimum atomic E-state index is 0.238. The molecule has 0 aromatic carbocycles. The quantitative estimate of drug-likeness (QED) is 0.895. The van der Waals surface area contributed by atoms with Crippen LogP contribution in [0, 0.1) is 0 Å². The van der Waals surface area contributed by atoms with E-state index in [1.54, 1.807) is 10.4 Å². The summed E-state index contributed by atoms with van der Waals surface area (Å²) >= 11 is 4.00. The van der Waals surface area contributed by atoms with Crippen molar-refractivity contribution in [2.45, 2.75) is 56.4 Å². The molecule has 1 aromatic heterocycles. The third kappa shape index (κ3) is 3.54. The Labute approximate surface area is 124 Å². The molecule has 2 aliphatic heterocycles. The lowest BCUT2D eigenvalue weighted by atomic mass is 10.0. The minimum Gasteiger partial charge on any atom is -0.378 e. The van der Waals surface area contributed by atoms with Crippen LogP contribution in [0.5, 0.6) is 0 Å². The summed E-state index contributed by atoms with van der Waals surface area (Å²) in [6.45, 7) is 0.964. The van der Waals surface area contributed by atoms with Crippen LogP contribution in [-0.4, -0.2) is 18.5 Å². The molecule has 0 radical (unpaired) electrons. The lowest BCUT2D eigenvalue weighted by Gasteiger charge is -2.12. The van der Waals surface area contributed by atoms with Crippen molar-refractivity contribution in [1.29, 1.82) is 0 Å². The second-order valence-corrected chi connectivity index (χ2v) is 7.85. The maximum absolute atomic E-state index is 6.35. The zero-order chi connectivity index (χ0) is 13.1. The molecule has 4 heteroatoms. The van der Waals surface area contributed by atoms with Crippen molar-refractivity contribution in [1.82, 2.24) is 0 Å². The molecule has 2 aliphatic rings. The molecule has 1 fully saturated rings. The fourth-order valence-corrected chi connectivity index (χ4v) is 5.34. The van der Waals surface area contributed by atoms with E-state index < -0.39 is 0 Å². The zero-order valence-corrected chi connectivity index (χ0v) is 13.0. The van der Waals surface area contributed by atoms with Crippen molar-refractivity contribution in [3.8, 4) is 0 Å². The van der Waals surface area contributed by atoms with Gasteiger partial charge in [0, 0.05) is 28.2 Å². The maximum Gasteiger partial charge on any atom is 0.0576 e. The van der Waals surface area contributed by atoms with Gasteiger partial charge in [0.25, 0.3) is 0 Å². The molecule has 0 spiro atoms. The molecule has 3 rings (SSSR count). The third-order valence-electron chi connectivity index (χ3n) is 4.08. The van der Waals surface area contributed by atoms with Crippen molar-refractivity contribution >= 4 is 23.1 Å². The van der Waals surface area contributed by atoms with Gasteiger partial charge in [0.2, 0.25) is 0 Å². The molecule has 0 bridgehead atoms. The van der Waals surface area contributed by atoms with E-state index in [4.69, 9.17) is 10.5 Å². The number of fused-ring (bicyclic) bond motifs is 1. The molecule has 106 valence electrons. The van der Waals surface area contributed by atoms with Gasteiger partial charge in [-0.25, -0.2) is 0 Å². The summed E-state index contributed by atoms with van der Waals surface area (Å²) in [6.07, 6.45) is 7.74. The topological polar surface area (TPSA) is 35.2 Å². The van der Waals surface area contributed by atoms with Crippen molar-refractivity contribution in [2.75, 3.05) is 12.4 Å². The smallest absolute Gasteiger partial charge is 0.0576 e. The largest absolute Gasteiger partial charge is 0.378 e. The van der Waals surface area contributed by atoms with Gasteiger partial charge in [-0.3, -0.25) is 0 Å². The Morgan fingerprint density at radius 1 is 1.47 bits per heavy atom. The average Bonchev–Trinajstić information content (AvgIpc) is 3.07. The maximum atomic E-state index is 6.35. The highest BCUT2D eigenvalue weighted by Gasteiger charge is 2.18. The molecule has 19 heavy (non-hydrogen) atoms. The highest BCUT2D eigenvalue weighted by molar-refractivity contribution is 7.98. The van der Waals surface area contributed by atoms with Gasteiger partial charge in [0.1, 0.15) is 0 Å². The summed E-state index contributed by atoms with van der Waals surface area (Å²) in [6, 6.07) is 2.60. The van der Waals surface area contributed by atoms with Gasteiger partial charge in [-0.15, -0.1) is 11.3 Å². The molecular weight excluding hydrogens is 274 g/mol. The number of rotatable bonds is 5. The van der Waals surface area contributed by atoms with E-state index in [1.807, 2.05) is 23.1 Å². The second kappa shape index (κ2) is 6.61. The van der Waals surface area contributed by atoms with Crippen LogP contribution in [0.1, 0.15) is 53.5 Å². The van der Waals surface area contributed by atoms with Crippen LogP contribution in [0.3, 0.4) is 0 Å². The first-order chi connectivity index (χ1) is 9.33. The minimum absolute atomic E-state index is 0.238. The van der Waals surface area contributed by atoms with Crippen molar-refractivity contribution in [2.24, 2.45) is 5.73 Å². The molecule has 1 aromatic rings. The molecule has 0 aliphatic carbocycles. The Morgan fingerprint density at radius 3 is 3.21 bits per heavy atom. The summed E-state index contributed by atoms with van der Waals surface area (Å²) in [5.41, 5.74) is 7.90. The normalized spacial score (nSPS) is 24.4. The van der Waals surface area contributed by atoms with E-state index in [9.17, 15) is 0 Å². The molecule has 0 saturated carbocycles. The number of nitrogens with two attached hydrogens (primary N) is 1. The van der Waals surface area contributed by atoms with E-state index in [0.717, 1.165) is 13.0 Å². The molecule has 3 heterocycles. The highest BCUT2D eigenvalue weighted by Crippen LogP contribution is 2.35. The standard InChI is InChI=1S/C15H23NOS2/c16-13(5-1-3-12-4-2-7-17-12)15-9-11-10-18-8-6-14(11)19-15/h9,12-13H,1-8,10,16H2. The van der Waals surface area contributed by atoms with Gasteiger partial charge < -0.3 is 10.5 Å². The van der Waals surface area contributed by atoms with Crippen molar-refractivity contribution < 1.29 is 4.74 Å². The lowest BCUT2D eigenvalue weighted by molar-refractivity contribution is 0.101. The summed E-state index contributed by atoms with van der Waals surface area (Å²) in [5.74, 6) is 2.47. The van der Waals surface area contributed by atoms with Crippen molar-refractivity contribution in [3.63, 3.8) is 0 Å². The fraction of sp³-hybridized carbons (Fsp3) is 0.733. The number of thiophene rings is 1. The van der Waals surface area contributed by atoms with Gasteiger partial charge in [-0.05, 0) is 55.9 Å². The summed E-state index contributed by atoms with van der Waals surface area (Å²) in [4.78, 5) is 2.99. The molecule has 2 atom stereocenters. The number of hydrogen-bond donors (Lipinski definition) is 1. The van der Waals surface area contributed by atoms with Crippen LogP contribution in [0.4, 0.5) is 0 Å². The molecule has 1 saturated heterocycles. The number of aryl methyl sites for hydroxylation is 1. The molecule has 2 N–H and O–H groups in total. The van der Waals surface area contributed by atoms with Crippen molar-refractivity contribution in [3.05, 3.63) is 21.4 Å². The van der Waals surface area contributed by atoms with E-state index in [0.29, 0.717) is 6.10 Å². The third-order valence-corrected chi connectivity index (χ3v) is 6.45. The van der Waals surface area contributed by atoms with Crippen LogP contribution in [0.15, 0.2) is 6.07 Å². The molecule has 2 nitrogen and oxygen atoms in total. The second-order valence-electron chi connectivity index (χ2n) is 5.57. The SMILES string of the molecule is NC(CCCC1CCCO1)c1cc2c(s1)CCSC2. The van der Waals surface area contributed by atoms with Gasteiger partial charge in [0.15, 0.2) is 0 Å². The fourth-order valence-electron chi connectivity index (χ4n) is 2.93. The van der Waals surface area contributed by atoms with Crippen LogP contribution < -0.4 is 5.73 Å². The Balaban J connectivity index is 1.49. The van der Waals surface area contributed by atoms with Crippen LogP contribution >= 0.6 is 23.1 Å². The van der Waals surface area contributed by atoms with Gasteiger partial charge >= 0.3 is 0 Å². The Morgan fingerprint density at radius 2 is 2.42 bits per heavy atom. The van der Waals surface area contributed by atoms with Crippen LogP contribution in [0.25, 0.3) is 0 Å². The van der Waals surface area contributed by atoms with E-state index >= 15 is 0 Å². The van der Waals surface area contributed by atoms with Crippen LogP contribution in [-0.2, 0) is 16.9 Å². The van der Waals surface area contributed by atoms with E-state index in [2.05, 4.69) is 6.07 Å². The molecule has 0 amide bonds. The van der Waals surface area contributed by atoms with E-state index in [-0.39, 0.29) is 6.04 Å². The number of thioether (sulfide) groups is 1. The predicted octanol–water partition coefficient (Wildman–Crippen LogP) is 3.89. The lowest BCUT2D eigenvalue weighted by Crippen LogP contribution is -2.11. The highest BCUT2D eigenvalue weighted by atomic mass is 32.2. The summed E-state index contributed by atoms with van der Waals surface area (Å²) in [7, 11) is 0. The first-order valence-electron chi connectivity index (χ1n) is 7.39. The zero-order valence-electron chi connectivity index (χ0n) is 11.4. The van der Waals surface area contributed by atoms with Gasteiger partial charge in [-0.2, -0.15) is 11.8 Å². The first-order valence-corrected chi connectivity index (χ1v) is 9.36. The predicted molar refractivity (Wildman–Crippen MR) is 83.9 cm³/mol. The number of ether oxygens (including phenoxy) is 1. The molecule has 2 unspecified atom stereocenters. The Bertz CT molecular complexity index is 389. The Hall–Kier alpha value is -0.0300. The molecular formula is C15H23NOS2. The Kier molecular flexibility index (Phi) is 4.85. The first kappa shape index (κ1) is 13.9. The summed E-state index contributed by atoms with van der Waals surface area (Å²) in [5, 5.41) is 0. The summed E-state index contributed by atoms with van der Waals surface area (Å²) < 4.78 is 5.67. The number of hydrogen-bond acceptors (Lipinski definition) is 4.